The molecule has 19 heavy (non-hydrogen) atoms. The standard InChI is InChI=1S/C14H16BrN3O/c15-12-3-1-2-4-14(12)19-8-7-18-6-5-13-11(10-18)9-16-17-13/h1-4,9H,5-8,10H2,(H,16,17). The van der Waals surface area contributed by atoms with Gasteiger partial charge in [0.15, 0.2) is 0 Å². The second kappa shape index (κ2) is 5.75. The van der Waals surface area contributed by atoms with Crippen molar-refractivity contribution in [3.63, 3.8) is 0 Å². The van der Waals surface area contributed by atoms with Gasteiger partial charge in [0.2, 0.25) is 0 Å². The number of aromatic amines is 1. The molecule has 0 fully saturated rings. The maximum Gasteiger partial charge on any atom is 0.133 e. The average Bonchev–Trinajstić information content (AvgIpc) is 2.88. The molecule has 2 aromatic rings. The summed E-state index contributed by atoms with van der Waals surface area (Å²) in [6.45, 7) is 3.67. The maximum atomic E-state index is 5.80. The highest BCUT2D eigenvalue weighted by atomic mass is 79.9. The Morgan fingerprint density at radius 1 is 1.37 bits per heavy atom. The minimum atomic E-state index is 0.704. The second-order valence-corrected chi connectivity index (χ2v) is 5.53. The molecule has 4 nitrogen and oxygen atoms in total. The van der Waals surface area contributed by atoms with E-state index in [-0.39, 0.29) is 0 Å². The monoisotopic (exact) mass is 321 g/mol. The van der Waals surface area contributed by atoms with Crippen molar-refractivity contribution in [1.29, 1.82) is 0 Å². The van der Waals surface area contributed by atoms with Crippen molar-refractivity contribution in [3.8, 4) is 5.75 Å². The second-order valence-electron chi connectivity index (χ2n) is 4.68. The molecule has 0 saturated carbocycles. The fraction of sp³-hybridized carbons (Fsp3) is 0.357. The van der Waals surface area contributed by atoms with Crippen molar-refractivity contribution in [2.45, 2.75) is 13.0 Å². The summed E-state index contributed by atoms with van der Waals surface area (Å²) in [5, 5.41) is 7.14. The Bertz CT molecular complexity index is 555. The van der Waals surface area contributed by atoms with Gasteiger partial charge in [0.25, 0.3) is 0 Å². The van der Waals surface area contributed by atoms with Gasteiger partial charge in [0, 0.05) is 37.3 Å². The first-order valence-electron chi connectivity index (χ1n) is 6.44. The maximum absolute atomic E-state index is 5.80. The van der Waals surface area contributed by atoms with E-state index >= 15 is 0 Å². The highest BCUT2D eigenvalue weighted by molar-refractivity contribution is 9.10. The summed E-state index contributed by atoms with van der Waals surface area (Å²) in [5.41, 5.74) is 2.59. The van der Waals surface area contributed by atoms with Gasteiger partial charge in [0.1, 0.15) is 12.4 Å². The molecule has 0 atom stereocenters. The van der Waals surface area contributed by atoms with Crippen molar-refractivity contribution in [1.82, 2.24) is 15.1 Å². The van der Waals surface area contributed by atoms with E-state index in [1.54, 1.807) is 0 Å². The lowest BCUT2D eigenvalue weighted by Gasteiger charge is -2.26. The van der Waals surface area contributed by atoms with Crippen LogP contribution < -0.4 is 4.74 Å². The van der Waals surface area contributed by atoms with Crippen molar-refractivity contribution >= 4 is 15.9 Å². The summed E-state index contributed by atoms with van der Waals surface area (Å²) in [6, 6.07) is 7.95. The Morgan fingerprint density at radius 3 is 3.16 bits per heavy atom. The van der Waals surface area contributed by atoms with Crippen LogP contribution in [0.1, 0.15) is 11.3 Å². The lowest BCUT2D eigenvalue weighted by atomic mass is 10.1. The molecule has 0 saturated heterocycles. The van der Waals surface area contributed by atoms with Crippen LogP contribution in [0.5, 0.6) is 5.75 Å². The molecule has 0 aliphatic carbocycles. The van der Waals surface area contributed by atoms with Gasteiger partial charge in [-0.1, -0.05) is 12.1 Å². The minimum absolute atomic E-state index is 0.704. The van der Waals surface area contributed by atoms with E-state index in [4.69, 9.17) is 4.74 Å². The van der Waals surface area contributed by atoms with Gasteiger partial charge in [-0.2, -0.15) is 5.10 Å². The fourth-order valence-corrected chi connectivity index (χ4v) is 2.72. The Hall–Kier alpha value is -1.33. The van der Waals surface area contributed by atoms with E-state index in [0.717, 1.165) is 36.3 Å². The number of nitrogens with zero attached hydrogens (tertiary/aromatic N) is 2. The van der Waals surface area contributed by atoms with Crippen LogP contribution in [0.4, 0.5) is 0 Å². The Balaban J connectivity index is 1.50. The average molecular weight is 322 g/mol. The number of aromatic nitrogens is 2. The number of hydrogen-bond donors (Lipinski definition) is 1. The van der Waals surface area contributed by atoms with E-state index in [1.807, 2.05) is 30.5 Å². The normalized spacial score (nSPS) is 15.2. The van der Waals surface area contributed by atoms with Crippen LogP contribution in [0, 0.1) is 0 Å². The third-order valence-corrected chi connectivity index (χ3v) is 4.04. The van der Waals surface area contributed by atoms with Crippen LogP contribution in [0.25, 0.3) is 0 Å². The quantitative estimate of drug-likeness (QED) is 0.941. The van der Waals surface area contributed by atoms with Gasteiger partial charge in [-0.15, -0.1) is 0 Å². The van der Waals surface area contributed by atoms with Crippen LogP contribution in [-0.4, -0.2) is 34.8 Å². The zero-order valence-electron chi connectivity index (χ0n) is 10.6. The van der Waals surface area contributed by atoms with E-state index in [0.29, 0.717) is 6.61 Å². The molecule has 1 aliphatic heterocycles. The predicted molar refractivity (Wildman–Crippen MR) is 77.2 cm³/mol. The number of hydrogen-bond acceptors (Lipinski definition) is 3. The third-order valence-electron chi connectivity index (χ3n) is 3.38. The van der Waals surface area contributed by atoms with Crippen LogP contribution >= 0.6 is 15.9 Å². The molecule has 1 aromatic heterocycles. The summed E-state index contributed by atoms with van der Waals surface area (Å²) >= 11 is 3.49. The molecule has 1 aromatic carbocycles. The van der Waals surface area contributed by atoms with Crippen LogP contribution in [0.15, 0.2) is 34.9 Å². The van der Waals surface area contributed by atoms with Gasteiger partial charge in [-0.3, -0.25) is 10.00 Å². The lowest BCUT2D eigenvalue weighted by Crippen LogP contribution is -2.33. The molecule has 3 rings (SSSR count). The van der Waals surface area contributed by atoms with Gasteiger partial charge in [-0.05, 0) is 28.1 Å². The van der Waals surface area contributed by atoms with E-state index in [2.05, 4.69) is 31.0 Å². The third kappa shape index (κ3) is 2.98. The van der Waals surface area contributed by atoms with E-state index in [9.17, 15) is 0 Å². The highest BCUT2D eigenvalue weighted by Gasteiger charge is 2.17. The van der Waals surface area contributed by atoms with E-state index in [1.165, 1.54) is 11.3 Å². The summed E-state index contributed by atoms with van der Waals surface area (Å²) in [7, 11) is 0. The number of benzene rings is 1. The Labute approximate surface area is 120 Å². The number of nitrogens with one attached hydrogen (secondary N) is 1. The summed E-state index contributed by atoms with van der Waals surface area (Å²) in [6.07, 6.45) is 2.97. The van der Waals surface area contributed by atoms with Gasteiger partial charge in [-0.25, -0.2) is 0 Å². The predicted octanol–water partition coefficient (Wildman–Crippen LogP) is 2.61. The smallest absolute Gasteiger partial charge is 0.133 e. The molecule has 0 amide bonds. The SMILES string of the molecule is Brc1ccccc1OCCN1CCc2[nH]ncc2C1. The topological polar surface area (TPSA) is 41.1 Å². The number of H-pyrrole nitrogens is 1. The van der Waals surface area contributed by atoms with Gasteiger partial charge >= 0.3 is 0 Å². The number of fused-ring (bicyclic) bond motifs is 1. The van der Waals surface area contributed by atoms with Crippen molar-refractivity contribution in [2.75, 3.05) is 19.7 Å². The molecule has 2 heterocycles. The summed E-state index contributed by atoms with van der Waals surface area (Å²) < 4.78 is 6.80. The summed E-state index contributed by atoms with van der Waals surface area (Å²) in [4.78, 5) is 2.40. The lowest BCUT2D eigenvalue weighted by molar-refractivity contribution is 0.195. The minimum Gasteiger partial charge on any atom is -0.491 e. The largest absolute Gasteiger partial charge is 0.491 e. The number of halogens is 1. The molecule has 0 spiro atoms. The van der Waals surface area contributed by atoms with Crippen LogP contribution in [0.2, 0.25) is 0 Å². The molecule has 1 N–H and O–H groups in total. The molecule has 5 heteroatoms. The van der Waals surface area contributed by atoms with Crippen molar-refractivity contribution in [2.24, 2.45) is 0 Å². The molecule has 1 aliphatic rings. The molecule has 0 bridgehead atoms. The van der Waals surface area contributed by atoms with Crippen LogP contribution in [0.3, 0.4) is 0 Å². The van der Waals surface area contributed by atoms with Gasteiger partial charge < -0.3 is 4.74 Å². The first-order chi connectivity index (χ1) is 9.33. The molecular weight excluding hydrogens is 306 g/mol. The van der Waals surface area contributed by atoms with E-state index < -0.39 is 0 Å². The van der Waals surface area contributed by atoms with Crippen LogP contribution in [-0.2, 0) is 13.0 Å². The first-order valence-corrected chi connectivity index (χ1v) is 7.23. The number of para-hydroxylation sites is 1. The molecule has 0 unspecified atom stereocenters. The number of rotatable bonds is 4. The zero-order valence-corrected chi connectivity index (χ0v) is 12.2. The molecule has 100 valence electrons. The zero-order chi connectivity index (χ0) is 13.1. The molecule has 0 radical (unpaired) electrons. The summed E-state index contributed by atoms with van der Waals surface area (Å²) in [5.74, 6) is 0.906. The molecular formula is C14H16BrN3O. The first kappa shape index (κ1) is 12.7. The Morgan fingerprint density at radius 2 is 2.26 bits per heavy atom. The number of ether oxygens (including phenoxy) is 1. The fourth-order valence-electron chi connectivity index (χ4n) is 2.32. The van der Waals surface area contributed by atoms with Crippen molar-refractivity contribution < 1.29 is 4.74 Å². The Kier molecular flexibility index (Phi) is 3.84. The van der Waals surface area contributed by atoms with Gasteiger partial charge in [0.05, 0.1) is 10.7 Å². The highest BCUT2D eigenvalue weighted by Crippen LogP contribution is 2.23. The van der Waals surface area contributed by atoms with Crippen molar-refractivity contribution in [3.05, 3.63) is 46.2 Å².